The lowest BCUT2D eigenvalue weighted by atomic mass is 10.2. The molecule has 0 radical (unpaired) electrons. The zero-order valence-corrected chi connectivity index (χ0v) is 16.2. The molecule has 6 heteroatoms. The van der Waals surface area contributed by atoms with Gasteiger partial charge in [0.15, 0.2) is 0 Å². The zero-order valence-electron chi connectivity index (χ0n) is 16.2. The van der Waals surface area contributed by atoms with Crippen molar-refractivity contribution < 1.29 is 14.3 Å². The van der Waals surface area contributed by atoms with E-state index in [1.807, 2.05) is 51.1 Å². The molecule has 0 bridgehead atoms. The number of nitrogens with zero attached hydrogens (tertiary/aromatic N) is 3. The SMILES string of the molecule is CC(C)(C)OC(=O)N1CCN(Cc2cccc(Oc3cccnc3)c2)CC1. The molecule has 3 rings (SSSR count). The van der Waals surface area contributed by atoms with Gasteiger partial charge < -0.3 is 14.4 Å². The minimum absolute atomic E-state index is 0.228. The molecule has 27 heavy (non-hydrogen) atoms. The Morgan fingerprint density at radius 2 is 1.81 bits per heavy atom. The summed E-state index contributed by atoms with van der Waals surface area (Å²) in [5, 5.41) is 0. The minimum atomic E-state index is -0.455. The van der Waals surface area contributed by atoms with Gasteiger partial charge in [-0.2, -0.15) is 0 Å². The molecule has 0 N–H and O–H groups in total. The van der Waals surface area contributed by atoms with Crippen LogP contribution >= 0.6 is 0 Å². The fourth-order valence-corrected chi connectivity index (χ4v) is 2.92. The van der Waals surface area contributed by atoms with E-state index in [0.717, 1.165) is 31.1 Å². The minimum Gasteiger partial charge on any atom is -0.456 e. The molecule has 6 nitrogen and oxygen atoms in total. The highest BCUT2D eigenvalue weighted by Gasteiger charge is 2.25. The molecular formula is C21H27N3O3. The largest absolute Gasteiger partial charge is 0.456 e. The smallest absolute Gasteiger partial charge is 0.410 e. The predicted octanol–water partition coefficient (Wildman–Crippen LogP) is 3.93. The Bertz CT molecular complexity index is 751. The fourth-order valence-electron chi connectivity index (χ4n) is 2.92. The molecule has 1 aliphatic rings. The van der Waals surface area contributed by atoms with Crippen molar-refractivity contribution in [2.75, 3.05) is 26.2 Å². The number of amides is 1. The normalized spacial score (nSPS) is 15.4. The standard InChI is InChI=1S/C21H27N3O3/c1-21(2,3)27-20(25)24-12-10-23(11-13-24)16-17-6-4-7-18(14-17)26-19-8-5-9-22-15-19/h4-9,14-15H,10-13,16H2,1-3H3. The van der Waals surface area contributed by atoms with E-state index < -0.39 is 5.60 Å². The van der Waals surface area contributed by atoms with Crippen molar-refractivity contribution in [3.63, 3.8) is 0 Å². The number of benzene rings is 1. The number of rotatable bonds is 4. The highest BCUT2D eigenvalue weighted by Crippen LogP contribution is 2.22. The van der Waals surface area contributed by atoms with E-state index in [-0.39, 0.29) is 6.09 Å². The average Bonchev–Trinajstić information content (AvgIpc) is 2.62. The number of carbonyl (C=O) groups excluding carboxylic acids is 1. The van der Waals surface area contributed by atoms with E-state index in [0.29, 0.717) is 13.1 Å². The topological polar surface area (TPSA) is 54.9 Å². The molecule has 0 aliphatic carbocycles. The molecule has 0 spiro atoms. The van der Waals surface area contributed by atoms with Crippen molar-refractivity contribution in [3.05, 3.63) is 54.4 Å². The van der Waals surface area contributed by atoms with Crippen LogP contribution in [-0.4, -0.2) is 52.7 Å². The van der Waals surface area contributed by atoms with E-state index in [1.54, 1.807) is 17.3 Å². The highest BCUT2D eigenvalue weighted by atomic mass is 16.6. The van der Waals surface area contributed by atoms with Gasteiger partial charge in [-0.15, -0.1) is 0 Å². The first-order valence-corrected chi connectivity index (χ1v) is 9.26. The first-order chi connectivity index (χ1) is 12.9. The molecule has 1 fully saturated rings. The fraction of sp³-hybridized carbons (Fsp3) is 0.429. The second-order valence-corrected chi connectivity index (χ2v) is 7.68. The molecule has 2 heterocycles. The van der Waals surface area contributed by atoms with Gasteiger partial charge in [0.05, 0.1) is 6.20 Å². The molecule has 1 aromatic carbocycles. The summed E-state index contributed by atoms with van der Waals surface area (Å²) in [6.07, 6.45) is 3.19. The summed E-state index contributed by atoms with van der Waals surface area (Å²) in [4.78, 5) is 20.3. The van der Waals surface area contributed by atoms with Gasteiger partial charge in [0.1, 0.15) is 17.1 Å². The van der Waals surface area contributed by atoms with Crippen LogP contribution in [0.3, 0.4) is 0 Å². The number of hydrogen-bond acceptors (Lipinski definition) is 5. The maximum Gasteiger partial charge on any atom is 0.410 e. The third-order valence-electron chi connectivity index (χ3n) is 4.20. The Morgan fingerprint density at radius 1 is 1.07 bits per heavy atom. The molecule has 0 unspecified atom stereocenters. The van der Waals surface area contributed by atoms with Crippen LogP contribution in [0.15, 0.2) is 48.8 Å². The second kappa shape index (κ2) is 8.39. The lowest BCUT2D eigenvalue weighted by Crippen LogP contribution is -2.49. The van der Waals surface area contributed by atoms with E-state index >= 15 is 0 Å². The summed E-state index contributed by atoms with van der Waals surface area (Å²) in [6, 6.07) is 11.8. The van der Waals surface area contributed by atoms with Crippen LogP contribution in [0, 0.1) is 0 Å². The maximum atomic E-state index is 12.2. The molecule has 0 atom stereocenters. The Balaban J connectivity index is 1.52. The average molecular weight is 369 g/mol. The first kappa shape index (κ1) is 19.2. The third kappa shape index (κ3) is 5.96. The predicted molar refractivity (Wildman–Crippen MR) is 104 cm³/mol. The lowest BCUT2D eigenvalue weighted by molar-refractivity contribution is 0.0139. The Morgan fingerprint density at radius 3 is 2.48 bits per heavy atom. The van der Waals surface area contributed by atoms with Gasteiger partial charge in [0, 0.05) is 38.9 Å². The summed E-state index contributed by atoms with van der Waals surface area (Å²) in [5.74, 6) is 1.52. The van der Waals surface area contributed by atoms with Gasteiger partial charge in [-0.25, -0.2) is 4.79 Å². The Kier molecular flexibility index (Phi) is 5.96. The third-order valence-corrected chi connectivity index (χ3v) is 4.20. The van der Waals surface area contributed by atoms with Crippen molar-refractivity contribution in [3.8, 4) is 11.5 Å². The number of carbonyl (C=O) groups is 1. The van der Waals surface area contributed by atoms with Crippen LogP contribution in [0.5, 0.6) is 11.5 Å². The zero-order chi connectivity index (χ0) is 19.3. The van der Waals surface area contributed by atoms with Gasteiger partial charge in [-0.3, -0.25) is 9.88 Å². The van der Waals surface area contributed by atoms with Crippen molar-refractivity contribution in [1.29, 1.82) is 0 Å². The molecule has 2 aromatic rings. The van der Waals surface area contributed by atoms with Gasteiger partial charge in [-0.1, -0.05) is 12.1 Å². The molecule has 1 aliphatic heterocycles. The summed E-state index contributed by atoms with van der Waals surface area (Å²) >= 11 is 0. The van der Waals surface area contributed by atoms with Crippen molar-refractivity contribution in [2.45, 2.75) is 32.9 Å². The number of pyridine rings is 1. The Hall–Kier alpha value is -2.60. The highest BCUT2D eigenvalue weighted by molar-refractivity contribution is 5.68. The van der Waals surface area contributed by atoms with Crippen LogP contribution in [-0.2, 0) is 11.3 Å². The van der Waals surface area contributed by atoms with E-state index in [9.17, 15) is 4.79 Å². The van der Waals surface area contributed by atoms with Crippen molar-refractivity contribution in [1.82, 2.24) is 14.8 Å². The Labute approximate surface area is 160 Å². The van der Waals surface area contributed by atoms with Crippen LogP contribution in [0.2, 0.25) is 0 Å². The summed E-state index contributed by atoms with van der Waals surface area (Å²) in [6.45, 7) is 9.51. The summed E-state index contributed by atoms with van der Waals surface area (Å²) < 4.78 is 11.3. The van der Waals surface area contributed by atoms with Gasteiger partial charge >= 0.3 is 6.09 Å². The van der Waals surface area contributed by atoms with Crippen LogP contribution < -0.4 is 4.74 Å². The van der Waals surface area contributed by atoms with Gasteiger partial charge in [-0.05, 0) is 50.6 Å². The maximum absolute atomic E-state index is 12.2. The molecule has 144 valence electrons. The molecule has 1 amide bonds. The quantitative estimate of drug-likeness (QED) is 0.817. The lowest BCUT2D eigenvalue weighted by Gasteiger charge is -2.35. The molecule has 1 saturated heterocycles. The van der Waals surface area contributed by atoms with E-state index in [4.69, 9.17) is 9.47 Å². The molecule has 1 aromatic heterocycles. The van der Waals surface area contributed by atoms with Crippen LogP contribution in [0.1, 0.15) is 26.3 Å². The number of aromatic nitrogens is 1. The van der Waals surface area contributed by atoms with Gasteiger partial charge in [0.2, 0.25) is 0 Å². The van der Waals surface area contributed by atoms with Crippen LogP contribution in [0.4, 0.5) is 4.79 Å². The van der Waals surface area contributed by atoms with E-state index in [2.05, 4.69) is 16.0 Å². The number of ether oxygens (including phenoxy) is 2. The van der Waals surface area contributed by atoms with Gasteiger partial charge in [0.25, 0.3) is 0 Å². The van der Waals surface area contributed by atoms with Crippen molar-refractivity contribution in [2.24, 2.45) is 0 Å². The van der Waals surface area contributed by atoms with E-state index in [1.165, 1.54) is 5.56 Å². The number of hydrogen-bond donors (Lipinski definition) is 0. The van der Waals surface area contributed by atoms with Crippen LogP contribution in [0.25, 0.3) is 0 Å². The molecule has 0 saturated carbocycles. The first-order valence-electron chi connectivity index (χ1n) is 9.26. The summed E-state index contributed by atoms with van der Waals surface area (Å²) in [5.41, 5.74) is 0.727. The number of piperazine rings is 1. The van der Waals surface area contributed by atoms with Crippen molar-refractivity contribution >= 4 is 6.09 Å². The summed E-state index contributed by atoms with van der Waals surface area (Å²) in [7, 11) is 0. The molecular weight excluding hydrogens is 342 g/mol. The monoisotopic (exact) mass is 369 g/mol. The second-order valence-electron chi connectivity index (χ2n) is 7.68.